The van der Waals surface area contributed by atoms with E-state index in [2.05, 4.69) is 5.32 Å². The quantitative estimate of drug-likeness (QED) is 0.535. The number of hydrogen-bond donors (Lipinski definition) is 1. The van der Waals surface area contributed by atoms with E-state index in [1.807, 2.05) is 0 Å². The molecule has 1 fully saturated rings. The lowest BCUT2D eigenvalue weighted by Crippen LogP contribution is -2.40. The van der Waals surface area contributed by atoms with Crippen LogP contribution in [0, 0.1) is 0 Å². The van der Waals surface area contributed by atoms with Crippen LogP contribution in [0.4, 0.5) is 0 Å². The number of morpholine rings is 1. The molecule has 1 aliphatic rings. The van der Waals surface area contributed by atoms with Crippen LogP contribution in [0.5, 0.6) is 5.75 Å². The number of nitrogens with zero attached hydrogens (tertiary/aromatic N) is 1. The van der Waals surface area contributed by atoms with Gasteiger partial charge in [-0.05, 0) is 36.8 Å². The zero-order valence-electron chi connectivity index (χ0n) is 17.7. The Balaban J connectivity index is 1.66. The van der Waals surface area contributed by atoms with E-state index >= 15 is 0 Å². The Bertz CT molecular complexity index is 1140. The first kappa shape index (κ1) is 24.2. The summed E-state index contributed by atoms with van der Waals surface area (Å²) in [5, 5.41) is 2.65. The number of carbonyl (C=O) groups excluding carboxylic acids is 1. The second-order valence-electron chi connectivity index (χ2n) is 7.12. The van der Waals surface area contributed by atoms with Gasteiger partial charge in [-0.3, -0.25) is 4.79 Å². The van der Waals surface area contributed by atoms with Gasteiger partial charge in [-0.2, -0.15) is 4.31 Å². The van der Waals surface area contributed by atoms with E-state index in [1.165, 1.54) is 41.7 Å². The third-order valence-electron chi connectivity index (χ3n) is 4.99. The molecule has 1 saturated heterocycles. The van der Waals surface area contributed by atoms with E-state index in [0.717, 1.165) is 0 Å². The van der Waals surface area contributed by atoms with Crippen LogP contribution in [0.2, 0.25) is 0 Å². The van der Waals surface area contributed by atoms with Crippen molar-refractivity contribution in [1.82, 2.24) is 9.62 Å². The van der Waals surface area contributed by atoms with Gasteiger partial charge in [-0.15, -0.1) is 0 Å². The van der Waals surface area contributed by atoms with Gasteiger partial charge in [0.2, 0.25) is 10.0 Å². The highest BCUT2D eigenvalue weighted by Gasteiger charge is 2.30. The van der Waals surface area contributed by atoms with Crippen molar-refractivity contribution in [3.8, 4) is 5.75 Å². The number of nitrogens with one attached hydrogen (secondary N) is 1. The van der Waals surface area contributed by atoms with E-state index in [4.69, 9.17) is 9.47 Å². The molecule has 9 nitrogen and oxygen atoms in total. The molecule has 11 heteroatoms. The molecule has 1 N–H and O–H groups in total. The number of rotatable bonds is 9. The zero-order chi connectivity index (χ0) is 23.2. The van der Waals surface area contributed by atoms with Crippen LogP contribution in [0.25, 0.3) is 0 Å². The van der Waals surface area contributed by atoms with Crippen LogP contribution in [0.15, 0.2) is 58.3 Å². The van der Waals surface area contributed by atoms with E-state index in [1.54, 1.807) is 18.2 Å². The molecule has 0 atom stereocenters. The van der Waals surface area contributed by atoms with Crippen molar-refractivity contribution in [1.29, 1.82) is 0 Å². The summed E-state index contributed by atoms with van der Waals surface area (Å²) < 4.78 is 62.4. The Hall–Kier alpha value is -2.47. The lowest BCUT2D eigenvalue weighted by molar-refractivity contribution is 0.0729. The Kier molecular flexibility index (Phi) is 7.88. The van der Waals surface area contributed by atoms with Crippen LogP contribution >= 0.6 is 0 Å². The van der Waals surface area contributed by atoms with Gasteiger partial charge in [0.1, 0.15) is 10.6 Å². The highest BCUT2D eigenvalue weighted by molar-refractivity contribution is 7.91. The lowest BCUT2D eigenvalue weighted by Gasteiger charge is -2.26. The van der Waals surface area contributed by atoms with Crippen molar-refractivity contribution in [2.45, 2.75) is 16.2 Å². The topological polar surface area (TPSA) is 119 Å². The molecule has 32 heavy (non-hydrogen) atoms. The molecule has 1 amide bonds. The van der Waals surface area contributed by atoms with Gasteiger partial charge in [0.05, 0.1) is 31.0 Å². The van der Waals surface area contributed by atoms with Crippen molar-refractivity contribution < 1.29 is 31.1 Å². The minimum Gasteiger partial charge on any atom is -0.495 e. The maximum absolute atomic E-state index is 13.0. The Morgan fingerprint density at radius 1 is 1.06 bits per heavy atom. The van der Waals surface area contributed by atoms with Crippen molar-refractivity contribution in [2.75, 3.05) is 45.7 Å². The molecule has 0 aliphatic carbocycles. The number of amides is 1. The summed E-state index contributed by atoms with van der Waals surface area (Å²) in [7, 11) is -5.94. The minimum absolute atomic E-state index is 0.0961. The first-order valence-corrected chi connectivity index (χ1v) is 13.2. The summed E-state index contributed by atoms with van der Waals surface area (Å²) in [6.45, 7) is 1.17. The average molecular weight is 483 g/mol. The Morgan fingerprint density at radius 3 is 2.41 bits per heavy atom. The van der Waals surface area contributed by atoms with Crippen LogP contribution in [0.1, 0.15) is 16.8 Å². The monoisotopic (exact) mass is 482 g/mol. The summed E-state index contributed by atoms with van der Waals surface area (Å²) in [6.07, 6.45) is 0.220. The van der Waals surface area contributed by atoms with Crippen LogP contribution in [0.3, 0.4) is 0 Å². The van der Waals surface area contributed by atoms with Gasteiger partial charge in [-0.25, -0.2) is 16.8 Å². The fraction of sp³-hybridized carbons (Fsp3) is 0.381. The fourth-order valence-electron chi connectivity index (χ4n) is 3.26. The van der Waals surface area contributed by atoms with Gasteiger partial charge in [0, 0.05) is 25.2 Å². The first-order valence-electron chi connectivity index (χ1n) is 10.1. The molecule has 2 aromatic carbocycles. The summed E-state index contributed by atoms with van der Waals surface area (Å²) in [5.41, 5.74) is 0.142. The lowest BCUT2D eigenvalue weighted by atomic mass is 10.2. The number of hydrogen-bond acceptors (Lipinski definition) is 7. The zero-order valence-corrected chi connectivity index (χ0v) is 19.3. The molecule has 3 rings (SSSR count). The summed E-state index contributed by atoms with van der Waals surface area (Å²) in [6, 6.07) is 12.3. The maximum atomic E-state index is 13.0. The second kappa shape index (κ2) is 10.4. The van der Waals surface area contributed by atoms with E-state index in [9.17, 15) is 21.6 Å². The molecule has 0 spiro atoms. The standard InChI is InChI=1S/C21H26N2O7S2/c1-29-19-9-8-17(16-20(19)32(27,28)23-11-13-30-14-12-23)21(24)22-10-5-15-31(25,26)18-6-3-2-4-7-18/h2-4,6-9,16H,5,10-15H2,1H3,(H,22,24). The number of methoxy groups -OCH3 is 1. The van der Waals surface area contributed by atoms with Crippen LogP contribution in [-0.4, -0.2) is 72.8 Å². The normalized spacial score (nSPS) is 15.3. The van der Waals surface area contributed by atoms with Crippen LogP contribution < -0.4 is 10.1 Å². The van der Waals surface area contributed by atoms with Gasteiger partial charge < -0.3 is 14.8 Å². The van der Waals surface area contributed by atoms with Gasteiger partial charge in [0.25, 0.3) is 5.91 Å². The number of carbonyl (C=O) groups is 1. The van der Waals surface area contributed by atoms with Crippen LogP contribution in [-0.2, 0) is 24.6 Å². The third-order valence-corrected chi connectivity index (χ3v) is 8.73. The molecule has 0 saturated carbocycles. The predicted octanol–water partition coefficient (Wildman–Crippen LogP) is 1.31. The van der Waals surface area contributed by atoms with E-state index in [-0.39, 0.29) is 52.9 Å². The maximum Gasteiger partial charge on any atom is 0.251 e. The second-order valence-corrected chi connectivity index (χ2v) is 11.1. The summed E-state index contributed by atoms with van der Waals surface area (Å²) >= 11 is 0. The number of benzene rings is 2. The number of sulfone groups is 1. The Morgan fingerprint density at radius 2 is 1.75 bits per heavy atom. The third kappa shape index (κ3) is 5.66. The summed E-state index contributed by atoms with van der Waals surface area (Å²) in [5.74, 6) is -0.471. The minimum atomic E-state index is -3.87. The molecule has 0 radical (unpaired) electrons. The molecule has 0 aromatic heterocycles. The predicted molar refractivity (Wildman–Crippen MR) is 118 cm³/mol. The molecular weight excluding hydrogens is 456 g/mol. The molecule has 0 bridgehead atoms. The molecule has 1 heterocycles. The first-order chi connectivity index (χ1) is 15.3. The molecule has 0 unspecified atom stereocenters. The SMILES string of the molecule is COc1ccc(C(=O)NCCCS(=O)(=O)c2ccccc2)cc1S(=O)(=O)N1CCOCC1. The average Bonchev–Trinajstić information content (AvgIpc) is 2.82. The molecular formula is C21H26N2O7S2. The smallest absolute Gasteiger partial charge is 0.251 e. The largest absolute Gasteiger partial charge is 0.495 e. The molecule has 2 aromatic rings. The van der Waals surface area contributed by atoms with Crippen molar-refractivity contribution in [2.24, 2.45) is 0 Å². The van der Waals surface area contributed by atoms with Gasteiger partial charge >= 0.3 is 0 Å². The Labute approximate surface area is 188 Å². The number of sulfonamides is 1. The summed E-state index contributed by atoms with van der Waals surface area (Å²) in [4.78, 5) is 12.7. The van der Waals surface area contributed by atoms with E-state index < -0.39 is 25.8 Å². The highest BCUT2D eigenvalue weighted by Crippen LogP contribution is 2.28. The van der Waals surface area contributed by atoms with Gasteiger partial charge in [0.15, 0.2) is 9.84 Å². The highest BCUT2D eigenvalue weighted by atomic mass is 32.2. The fourth-order valence-corrected chi connectivity index (χ4v) is 6.18. The molecule has 1 aliphatic heterocycles. The number of ether oxygens (including phenoxy) is 2. The molecule has 174 valence electrons. The van der Waals surface area contributed by atoms with Crippen molar-refractivity contribution in [3.05, 3.63) is 54.1 Å². The van der Waals surface area contributed by atoms with Gasteiger partial charge in [-0.1, -0.05) is 18.2 Å². The van der Waals surface area contributed by atoms with Crippen molar-refractivity contribution >= 4 is 25.8 Å². The van der Waals surface area contributed by atoms with Crippen molar-refractivity contribution in [3.63, 3.8) is 0 Å². The van der Waals surface area contributed by atoms with E-state index in [0.29, 0.717) is 13.2 Å².